The van der Waals surface area contributed by atoms with E-state index in [0.717, 1.165) is 16.3 Å². The molecule has 5 nitrogen and oxygen atoms in total. The second kappa shape index (κ2) is 7.49. The number of ether oxygens (including phenoxy) is 1. The van der Waals surface area contributed by atoms with E-state index in [9.17, 15) is 9.59 Å². The van der Waals surface area contributed by atoms with Crippen LogP contribution in [0.3, 0.4) is 0 Å². The minimum atomic E-state index is -0.455. The summed E-state index contributed by atoms with van der Waals surface area (Å²) >= 11 is 6.34. The Hall–Kier alpha value is -2.66. The molecule has 0 fully saturated rings. The maximum absolute atomic E-state index is 12.6. The zero-order valence-corrected chi connectivity index (χ0v) is 14.4. The van der Waals surface area contributed by atoms with Crippen LogP contribution in [0.25, 0.3) is 10.8 Å². The van der Waals surface area contributed by atoms with Crippen molar-refractivity contribution in [3.8, 4) is 0 Å². The number of nitrogens with one attached hydrogen (secondary N) is 1. The fourth-order valence-corrected chi connectivity index (χ4v) is 3.01. The minimum Gasteiger partial charge on any atom is -0.469 e. The summed E-state index contributed by atoms with van der Waals surface area (Å²) in [5, 5.41) is 4.16. The first-order valence-electron chi connectivity index (χ1n) is 7.83. The topological polar surface area (TPSA) is 68.3 Å². The maximum Gasteiger partial charge on any atom is 0.309 e. The molecule has 0 bridgehead atoms. The second-order valence-corrected chi connectivity index (χ2v) is 6.18. The van der Waals surface area contributed by atoms with E-state index in [1.165, 1.54) is 7.11 Å². The van der Waals surface area contributed by atoms with Gasteiger partial charge in [-0.15, -0.1) is 11.6 Å². The lowest BCUT2D eigenvalue weighted by Gasteiger charge is -2.22. The van der Waals surface area contributed by atoms with Gasteiger partial charge in [0, 0.05) is 11.6 Å². The third kappa shape index (κ3) is 3.88. The van der Waals surface area contributed by atoms with E-state index < -0.39 is 5.38 Å². The molecule has 1 aromatic carbocycles. The first-order valence-corrected chi connectivity index (χ1v) is 8.26. The number of methoxy groups -OCH3 is 1. The van der Waals surface area contributed by atoms with Gasteiger partial charge in [-0.2, -0.15) is 0 Å². The van der Waals surface area contributed by atoms with E-state index in [4.69, 9.17) is 11.6 Å². The Labute approximate surface area is 150 Å². The lowest BCUT2D eigenvalue weighted by Crippen LogP contribution is -2.40. The number of carbonyl (C=O) groups excluding carboxylic acids is 2. The number of allylic oxidation sites excluding steroid dienone is 1. The van der Waals surface area contributed by atoms with Crippen molar-refractivity contribution in [3.05, 3.63) is 66.0 Å². The Morgan fingerprint density at radius 1 is 1.28 bits per heavy atom. The van der Waals surface area contributed by atoms with Gasteiger partial charge in [0.25, 0.3) is 5.91 Å². The third-order valence-corrected chi connectivity index (χ3v) is 4.39. The fraction of sp³-hybridized carbons (Fsp3) is 0.211. The maximum atomic E-state index is 12.6. The van der Waals surface area contributed by atoms with Gasteiger partial charge in [0.2, 0.25) is 0 Å². The number of carbonyl (C=O) groups is 2. The summed E-state index contributed by atoms with van der Waals surface area (Å²) in [6.07, 6.45) is 7.07. The highest BCUT2D eigenvalue weighted by molar-refractivity contribution is 6.23. The molecule has 1 amide bonds. The second-order valence-electron chi connectivity index (χ2n) is 5.68. The quantitative estimate of drug-likeness (QED) is 0.675. The van der Waals surface area contributed by atoms with Crippen molar-refractivity contribution < 1.29 is 14.3 Å². The monoisotopic (exact) mass is 356 g/mol. The van der Waals surface area contributed by atoms with Crippen molar-refractivity contribution in [3.63, 3.8) is 0 Å². The molecule has 3 rings (SSSR count). The summed E-state index contributed by atoms with van der Waals surface area (Å²) in [5.74, 6) is -0.621. The Balaban J connectivity index is 1.74. The summed E-state index contributed by atoms with van der Waals surface area (Å²) < 4.78 is 4.64. The normalized spacial score (nSPS) is 19.4. The van der Waals surface area contributed by atoms with Crippen LogP contribution in [-0.4, -0.2) is 35.4 Å². The van der Waals surface area contributed by atoms with Gasteiger partial charge in [0.15, 0.2) is 0 Å². The summed E-state index contributed by atoms with van der Waals surface area (Å²) in [4.78, 5) is 28.2. The Morgan fingerprint density at radius 2 is 2.08 bits per heavy atom. The van der Waals surface area contributed by atoms with Crippen LogP contribution < -0.4 is 5.32 Å². The average Bonchev–Trinajstić information content (AvgIpc) is 2.63. The molecule has 6 heteroatoms. The SMILES string of the molecule is COC(=O)CC1=CC(Cl)C(NC(=O)c2nccc3ccccc23)C=C1. The molecule has 128 valence electrons. The first kappa shape index (κ1) is 17.2. The lowest BCUT2D eigenvalue weighted by molar-refractivity contribution is -0.139. The molecule has 1 aromatic heterocycles. The molecule has 1 N–H and O–H groups in total. The van der Waals surface area contributed by atoms with Gasteiger partial charge >= 0.3 is 5.97 Å². The lowest BCUT2D eigenvalue weighted by atomic mass is 10.00. The Kier molecular flexibility index (Phi) is 5.14. The first-order chi connectivity index (χ1) is 12.1. The predicted octanol–water partition coefficient (Wildman–Crippen LogP) is 3.00. The molecule has 2 atom stereocenters. The van der Waals surface area contributed by atoms with Crippen LogP contribution in [0, 0.1) is 0 Å². The van der Waals surface area contributed by atoms with Gasteiger partial charge in [-0.25, -0.2) is 0 Å². The van der Waals surface area contributed by atoms with E-state index >= 15 is 0 Å². The number of hydrogen-bond acceptors (Lipinski definition) is 4. The number of amides is 1. The van der Waals surface area contributed by atoms with Crippen LogP contribution in [0.5, 0.6) is 0 Å². The zero-order valence-electron chi connectivity index (χ0n) is 13.6. The molecule has 0 saturated heterocycles. The highest BCUT2D eigenvalue weighted by atomic mass is 35.5. The van der Waals surface area contributed by atoms with Crippen LogP contribution in [0.4, 0.5) is 0 Å². The molecule has 1 aliphatic carbocycles. The van der Waals surface area contributed by atoms with Crippen molar-refractivity contribution in [1.29, 1.82) is 0 Å². The van der Waals surface area contributed by atoms with Crippen molar-refractivity contribution >= 4 is 34.2 Å². The van der Waals surface area contributed by atoms with Crippen molar-refractivity contribution in [2.75, 3.05) is 7.11 Å². The van der Waals surface area contributed by atoms with Gasteiger partial charge in [-0.3, -0.25) is 14.6 Å². The standard InChI is InChI=1S/C19H17ClN2O3/c1-25-17(23)11-12-6-7-16(15(20)10-12)22-19(24)18-14-5-3-2-4-13(14)8-9-21-18/h2-10,15-16H,11H2,1H3,(H,22,24). The van der Waals surface area contributed by atoms with Gasteiger partial charge in [0.1, 0.15) is 5.69 Å². The third-order valence-electron chi connectivity index (χ3n) is 4.00. The number of hydrogen-bond donors (Lipinski definition) is 1. The van der Waals surface area contributed by atoms with Crippen molar-refractivity contribution in [2.45, 2.75) is 17.8 Å². The fourth-order valence-electron chi connectivity index (χ4n) is 2.70. The number of halogens is 1. The number of alkyl halides is 1. The van der Waals surface area contributed by atoms with Crippen molar-refractivity contribution in [1.82, 2.24) is 10.3 Å². The Bertz CT molecular complexity index is 871. The summed E-state index contributed by atoms with van der Waals surface area (Å²) in [5.41, 5.74) is 1.13. The molecule has 1 aliphatic rings. The number of pyridine rings is 1. The van der Waals surface area contributed by atoms with Gasteiger partial charge in [-0.1, -0.05) is 42.5 Å². The molecule has 1 heterocycles. The van der Waals surface area contributed by atoms with Gasteiger partial charge in [-0.05, 0) is 17.0 Å². The number of nitrogens with zero attached hydrogens (tertiary/aromatic N) is 1. The number of rotatable bonds is 4. The van der Waals surface area contributed by atoms with Crippen LogP contribution >= 0.6 is 11.6 Å². The summed E-state index contributed by atoms with van der Waals surface area (Å²) in [7, 11) is 1.34. The molecule has 2 unspecified atom stereocenters. The highest BCUT2D eigenvalue weighted by Crippen LogP contribution is 2.21. The van der Waals surface area contributed by atoms with Crippen LogP contribution in [0.15, 0.2) is 60.3 Å². The van der Waals surface area contributed by atoms with E-state index in [1.807, 2.05) is 30.3 Å². The van der Waals surface area contributed by atoms with Gasteiger partial charge in [0.05, 0.1) is 24.9 Å². The van der Waals surface area contributed by atoms with Gasteiger partial charge < -0.3 is 10.1 Å². The van der Waals surface area contributed by atoms with E-state index in [-0.39, 0.29) is 24.3 Å². The molecule has 25 heavy (non-hydrogen) atoms. The van der Waals surface area contributed by atoms with Crippen molar-refractivity contribution in [2.24, 2.45) is 0 Å². The molecule has 0 spiro atoms. The Morgan fingerprint density at radius 3 is 2.84 bits per heavy atom. The number of benzene rings is 1. The summed E-state index contributed by atoms with van der Waals surface area (Å²) in [6.45, 7) is 0. The largest absolute Gasteiger partial charge is 0.469 e. The molecule has 0 radical (unpaired) electrons. The molecule has 0 aliphatic heterocycles. The number of esters is 1. The molecular formula is C19H17ClN2O3. The van der Waals surface area contributed by atoms with Crippen LogP contribution in [0.2, 0.25) is 0 Å². The van der Waals surface area contributed by atoms with E-state index in [2.05, 4.69) is 15.0 Å². The van der Waals surface area contributed by atoms with Crippen LogP contribution in [0.1, 0.15) is 16.9 Å². The molecule has 0 saturated carbocycles. The zero-order chi connectivity index (χ0) is 17.8. The minimum absolute atomic E-state index is 0.155. The number of fused-ring (bicyclic) bond motifs is 1. The molecule has 2 aromatic rings. The molecular weight excluding hydrogens is 340 g/mol. The van der Waals surface area contributed by atoms with E-state index in [1.54, 1.807) is 24.4 Å². The average molecular weight is 357 g/mol. The predicted molar refractivity (Wildman–Crippen MR) is 96.5 cm³/mol. The summed E-state index contributed by atoms with van der Waals surface area (Å²) in [6, 6.07) is 9.06. The smallest absolute Gasteiger partial charge is 0.309 e. The van der Waals surface area contributed by atoms with E-state index in [0.29, 0.717) is 5.69 Å². The highest BCUT2D eigenvalue weighted by Gasteiger charge is 2.23. The van der Waals surface area contributed by atoms with Crippen LogP contribution in [-0.2, 0) is 9.53 Å². The number of aromatic nitrogens is 1.